The van der Waals surface area contributed by atoms with Gasteiger partial charge in [0.05, 0.1) is 6.10 Å². The molecule has 130 valence electrons. The summed E-state index contributed by atoms with van der Waals surface area (Å²) in [7, 11) is -4.36. The SMILES string of the molecule is CC1CC(C)N(C[C@H](O)Cc2cc(F)cc(S(N)(=O)=O)c2F)C1. The van der Waals surface area contributed by atoms with Crippen LogP contribution in [0, 0.1) is 17.6 Å². The van der Waals surface area contributed by atoms with Gasteiger partial charge in [-0.3, -0.25) is 4.90 Å². The van der Waals surface area contributed by atoms with Crippen molar-refractivity contribution in [3.05, 3.63) is 29.3 Å². The number of sulfonamides is 1. The summed E-state index contributed by atoms with van der Waals surface area (Å²) >= 11 is 0. The van der Waals surface area contributed by atoms with Gasteiger partial charge < -0.3 is 5.11 Å². The number of aliphatic hydroxyl groups excluding tert-OH is 1. The summed E-state index contributed by atoms with van der Waals surface area (Å²) in [6.07, 6.45) is -0.0762. The monoisotopic (exact) mass is 348 g/mol. The number of rotatable bonds is 5. The first-order valence-corrected chi connectivity index (χ1v) is 9.05. The van der Waals surface area contributed by atoms with Gasteiger partial charge in [0.2, 0.25) is 10.0 Å². The molecule has 3 N–H and O–H groups in total. The molecule has 1 aliphatic heterocycles. The molecule has 1 aromatic rings. The van der Waals surface area contributed by atoms with Crippen LogP contribution in [0.15, 0.2) is 17.0 Å². The number of hydrogen-bond acceptors (Lipinski definition) is 4. The van der Waals surface area contributed by atoms with Gasteiger partial charge in [-0.1, -0.05) is 6.92 Å². The Bertz CT molecular complexity index is 682. The van der Waals surface area contributed by atoms with Gasteiger partial charge in [-0.2, -0.15) is 0 Å². The van der Waals surface area contributed by atoms with Gasteiger partial charge in [-0.05, 0) is 37.0 Å². The first-order chi connectivity index (χ1) is 10.6. The fourth-order valence-electron chi connectivity index (χ4n) is 3.20. The van der Waals surface area contributed by atoms with E-state index in [9.17, 15) is 22.3 Å². The van der Waals surface area contributed by atoms with Gasteiger partial charge in [0, 0.05) is 25.6 Å². The lowest BCUT2D eigenvalue weighted by Crippen LogP contribution is -2.36. The quantitative estimate of drug-likeness (QED) is 0.839. The topological polar surface area (TPSA) is 83.6 Å². The molecule has 1 saturated heterocycles. The van der Waals surface area contributed by atoms with Crippen LogP contribution in [-0.4, -0.2) is 43.7 Å². The Balaban J connectivity index is 2.15. The van der Waals surface area contributed by atoms with Crippen LogP contribution in [-0.2, 0) is 16.4 Å². The van der Waals surface area contributed by atoms with Crippen LogP contribution in [0.2, 0.25) is 0 Å². The Morgan fingerprint density at radius 1 is 1.39 bits per heavy atom. The molecule has 0 saturated carbocycles. The Morgan fingerprint density at radius 2 is 2.04 bits per heavy atom. The third kappa shape index (κ3) is 4.47. The molecule has 5 nitrogen and oxygen atoms in total. The third-order valence-electron chi connectivity index (χ3n) is 4.20. The molecule has 1 aliphatic rings. The first kappa shape index (κ1) is 18.3. The van der Waals surface area contributed by atoms with Crippen LogP contribution in [0.5, 0.6) is 0 Å². The van der Waals surface area contributed by atoms with Crippen molar-refractivity contribution in [1.29, 1.82) is 0 Å². The molecule has 3 atom stereocenters. The number of benzene rings is 1. The van der Waals surface area contributed by atoms with E-state index < -0.39 is 32.7 Å². The second-order valence-corrected chi connectivity index (χ2v) is 7.95. The van der Waals surface area contributed by atoms with Crippen molar-refractivity contribution < 1.29 is 22.3 Å². The van der Waals surface area contributed by atoms with Crippen LogP contribution in [0.3, 0.4) is 0 Å². The first-order valence-electron chi connectivity index (χ1n) is 7.50. The highest BCUT2D eigenvalue weighted by atomic mass is 32.2. The number of primary sulfonamides is 1. The molecule has 0 spiro atoms. The Labute approximate surface area is 135 Å². The minimum atomic E-state index is -4.36. The fraction of sp³-hybridized carbons (Fsp3) is 0.600. The van der Waals surface area contributed by atoms with Crippen molar-refractivity contribution in [3.63, 3.8) is 0 Å². The highest BCUT2D eigenvalue weighted by Gasteiger charge is 2.28. The van der Waals surface area contributed by atoms with Gasteiger partial charge in [-0.15, -0.1) is 0 Å². The van der Waals surface area contributed by atoms with Gasteiger partial charge in [-0.25, -0.2) is 22.3 Å². The summed E-state index contributed by atoms with van der Waals surface area (Å²) in [6.45, 7) is 5.34. The lowest BCUT2D eigenvalue weighted by molar-refractivity contribution is 0.107. The number of likely N-dealkylation sites (tertiary alicyclic amines) is 1. The van der Waals surface area contributed by atoms with E-state index in [1.807, 2.05) is 0 Å². The number of hydrogen-bond donors (Lipinski definition) is 2. The molecule has 2 rings (SSSR count). The summed E-state index contributed by atoms with van der Waals surface area (Å²) < 4.78 is 50.3. The highest BCUT2D eigenvalue weighted by Crippen LogP contribution is 2.24. The zero-order valence-corrected chi connectivity index (χ0v) is 14.0. The molecular formula is C15H22F2N2O3S. The van der Waals surface area contributed by atoms with Crippen molar-refractivity contribution in [2.75, 3.05) is 13.1 Å². The maximum absolute atomic E-state index is 14.2. The van der Waals surface area contributed by atoms with Crippen molar-refractivity contribution >= 4 is 10.0 Å². The molecule has 1 fully saturated rings. The minimum absolute atomic E-state index is 0.177. The maximum Gasteiger partial charge on any atom is 0.241 e. The Kier molecular flexibility index (Phi) is 5.40. The van der Waals surface area contributed by atoms with Crippen LogP contribution in [0.25, 0.3) is 0 Å². The predicted octanol–water partition coefficient (Wildman–Crippen LogP) is 1.25. The Morgan fingerprint density at radius 3 is 2.57 bits per heavy atom. The molecule has 23 heavy (non-hydrogen) atoms. The number of β-amino-alcohol motifs (C(OH)–C–C–N with tert-alkyl or cyclic N) is 1. The van der Waals surface area contributed by atoms with E-state index in [0.29, 0.717) is 24.6 Å². The number of nitrogens with zero attached hydrogens (tertiary/aromatic N) is 1. The molecule has 0 aromatic heterocycles. The van der Waals surface area contributed by atoms with E-state index >= 15 is 0 Å². The number of halogens is 2. The second kappa shape index (κ2) is 6.80. The molecular weight excluding hydrogens is 326 g/mol. The van der Waals surface area contributed by atoms with E-state index in [4.69, 9.17) is 5.14 Å². The largest absolute Gasteiger partial charge is 0.391 e. The van der Waals surface area contributed by atoms with Crippen molar-refractivity contribution in [2.24, 2.45) is 11.1 Å². The van der Waals surface area contributed by atoms with E-state index in [2.05, 4.69) is 18.7 Å². The average molecular weight is 348 g/mol. The molecule has 1 aromatic carbocycles. The van der Waals surface area contributed by atoms with Crippen LogP contribution < -0.4 is 5.14 Å². The summed E-state index contributed by atoms with van der Waals surface area (Å²) in [5.74, 6) is -1.48. The van der Waals surface area contributed by atoms with Gasteiger partial charge in [0.1, 0.15) is 16.5 Å². The smallest absolute Gasteiger partial charge is 0.241 e. The normalized spacial score (nSPS) is 24.1. The standard InChI is InChI=1S/C15H22F2N2O3S/c1-9-3-10(2)19(7-9)8-13(20)5-11-4-12(16)6-14(15(11)17)23(18,21)22/h4,6,9-10,13,20H,3,5,7-8H2,1-2H3,(H2,18,21,22)/t9?,10?,13-/m1/s1. The fourth-order valence-corrected chi connectivity index (χ4v) is 3.86. The van der Waals surface area contributed by atoms with Crippen LogP contribution >= 0.6 is 0 Å². The predicted molar refractivity (Wildman–Crippen MR) is 82.3 cm³/mol. The summed E-state index contributed by atoms with van der Waals surface area (Å²) in [4.78, 5) is 1.20. The molecule has 0 amide bonds. The van der Waals surface area contributed by atoms with Crippen molar-refractivity contribution in [1.82, 2.24) is 4.90 Å². The molecule has 8 heteroatoms. The van der Waals surface area contributed by atoms with Crippen LogP contribution in [0.1, 0.15) is 25.8 Å². The van der Waals surface area contributed by atoms with Crippen molar-refractivity contribution in [3.8, 4) is 0 Å². The highest BCUT2D eigenvalue weighted by molar-refractivity contribution is 7.89. The number of aliphatic hydroxyl groups is 1. The van der Waals surface area contributed by atoms with Gasteiger partial charge in [0.15, 0.2) is 0 Å². The Hall–Kier alpha value is -1.09. The lowest BCUT2D eigenvalue weighted by atomic mass is 10.1. The minimum Gasteiger partial charge on any atom is -0.391 e. The van der Waals surface area contributed by atoms with E-state index in [1.165, 1.54) is 0 Å². The lowest BCUT2D eigenvalue weighted by Gasteiger charge is -2.24. The second-order valence-electron chi connectivity index (χ2n) is 6.42. The molecule has 0 aliphatic carbocycles. The average Bonchev–Trinajstić information content (AvgIpc) is 2.70. The molecule has 0 radical (unpaired) electrons. The van der Waals surface area contributed by atoms with E-state index in [0.717, 1.165) is 19.0 Å². The third-order valence-corrected chi connectivity index (χ3v) is 5.11. The molecule has 0 bridgehead atoms. The van der Waals surface area contributed by atoms with Gasteiger partial charge >= 0.3 is 0 Å². The van der Waals surface area contributed by atoms with Crippen LogP contribution in [0.4, 0.5) is 8.78 Å². The summed E-state index contributed by atoms with van der Waals surface area (Å²) in [6, 6.07) is 1.76. The number of nitrogens with two attached hydrogens (primary N) is 1. The summed E-state index contributed by atoms with van der Waals surface area (Å²) in [5.41, 5.74) is -0.193. The van der Waals surface area contributed by atoms with Crippen molar-refractivity contribution in [2.45, 2.75) is 43.7 Å². The summed E-state index contributed by atoms with van der Waals surface area (Å²) in [5, 5.41) is 15.1. The zero-order chi connectivity index (χ0) is 17.4. The zero-order valence-electron chi connectivity index (χ0n) is 13.2. The molecule has 2 unspecified atom stereocenters. The molecule has 1 heterocycles. The van der Waals surface area contributed by atoms with E-state index in [-0.39, 0.29) is 12.0 Å². The van der Waals surface area contributed by atoms with Gasteiger partial charge in [0.25, 0.3) is 0 Å². The van der Waals surface area contributed by atoms with E-state index in [1.54, 1.807) is 0 Å². The maximum atomic E-state index is 14.2.